The van der Waals surface area contributed by atoms with E-state index in [1.54, 1.807) is 0 Å². The summed E-state index contributed by atoms with van der Waals surface area (Å²) in [6.07, 6.45) is 1.90. The number of hydrogen-bond donors (Lipinski definition) is 0. The molecule has 0 fully saturated rings. The smallest absolute Gasteiger partial charge is 0.135 e. The Morgan fingerprint density at radius 2 is 1.19 bits per heavy atom. The molecular weight excluding hydrogens is 892 g/mol. The summed E-state index contributed by atoms with van der Waals surface area (Å²) in [6, 6.07) is 66.4. The third-order valence-corrected chi connectivity index (χ3v) is 10.7. The molecule has 0 aliphatic carbocycles. The zero-order valence-corrected chi connectivity index (χ0v) is 34.6. The van der Waals surface area contributed by atoms with E-state index in [-0.39, 0.29) is 26.5 Å². The van der Waals surface area contributed by atoms with Gasteiger partial charge in [-0.15, -0.1) is 48.1 Å². The summed E-state index contributed by atoms with van der Waals surface area (Å²) in [7, 11) is 0. The molecular formula is C52H39N4OPt-3. The van der Waals surface area contributed by atoms with Crippen molar-refractivity contribution in [3.63, 3.8) is 0 Å². The zero-order chi connectivity index (χ0) is 38.5. The first kappa shape index (κ1) is 37.2. The fraction of sp³-hybridized carbons (Fsp3) is 0.0769. The van der Waals surface area contributed by atoms with Crippen LogP contribution in [0.1, 0.15) is 26.3 Å². The van der Waals surface area contributed by atoms with Gasteiger partial charge in [0.15, 0.2) is 0 Å². The number of benzene rings is 7. The van der Waals surface area contributed by atoms with Gasteiger partial charge in [-0.3, -0.25) is 0 Å². The van der Waals surface area contributed by atoms with Crippen LogP contribution in [-0.2, 0) is 26.5 Å². The minimum absolute atomic E-state index is 0. The van der Waals surface area contributed by atoms with Crippen LogP contribution < -0.4 is 14.5 Å². The summed E-state index contributed by atoms with van der Waals surface area (Å²) in [4.78, 5) is 9.34. The van der Waals surface area contributed by atoms with Crippen LogP contribution in [0.4, 0.5) is 22.7 Å². The molecule has 286 valence electrons. The van der Waals surface area contributed by atoms with Crippen LogP contribution in [0.2, 0.25) is 0 Å². The molecule has 0 saturated carbocycles. The van der Waals surface area contributed by atoms with Gasteiger partial charge in [0, 0.05) is 72.5 Å². The first-order chi connectivity index (χ1) is 27.9. The molecule has 58 heavy (non-hydrogen) atoms. The first-order valence-electron chi connectivity index (χ1n) is 19.3. The molecule has 1 aliphatic heterocycles. The maximum absolute atomic E-state index is 6.61. The molecule has 2 aromatic heterocycles. The van der Waals surface area contributed by atoms with E-state index in [9.17, 15) is 0 Å². The number of pyridine rings is 1. The molecule has 0 bridgehead atoms. The van der Waals surface area contributed by atoms with Gasteiger partial charge in [0.2, 0.25) is 0 Å². The SMILES string of the molecule is CC(C)(C)c1ccnc(-n2c3[c-]c(Oc4[c-]c(N5[CH-]N(c6c(-c7ccccc7)cccc6-c6ccccc6)c6ccccc65)ccc4)ccc3c3ccccc32)c1.[Pt]. The van der Waals surface area contributed by atoms with Gasteiger partial charge in [-0.05, 0) is 57.8 Å². The molecule has 10 rings (SSSR count). The number of hydrogen-bond acceptors (Lipinski definition) is 4. The Balaban J connectivity index is 0.00000436. The van der Waals surface area contributed by atoms with Crippen LogP contribution in [0.5, 0.6) is 11.5 Å². The van der Waals surface area contributed by atoms with Gasteiger partial charge in [0.1, 0.15) is 5.82 Å². The van der Waals surface area contributed by atoms with Crippen molar-refractivity contribution in [1.29, 1.82) is 0 Å². The molecule has 5 nitrogen and oxygen atoms in total. The second-order valence-electron chi connectivity index (χ2n) is 15.4. The van der Waals surface area contributed by atoms with Crippen LogP contribution in [0.3, 0.4) is 0 Å². The van der Waals surface area contributed by atoms with Crippen molar-refractivity contribution in [3.8, 4) is 39.6 Å². The number of ether oxygens (including phenoxy) is 1. The van der Waals surface area contributed by atoms with E-state index in [0.717, 1.165) is 72.6 Å². The molecule has 0 saturated heterocycles. The van der Waals surface area contributed by atoms with Gasteiger partial charge < -0.3 is 19.1 Å². The second-order valence-corrected chi connectivity index (χ2v) is 15.4. The minimum atomic E-state index is -0.0188. The maximum atomic E-state index is 6.61. The van der Waals surface area contributed by atoms with Crippen molar-refractivity contribution in [2.45, 2.75) is 26.2 Å². The van der Waals surface area contributed by atoms with Gasteiger partial charge in [0.05, 0.1) is 0 Å². The normalized spacial score (nSPS) is 12.5. The number of para-hydroxylation sites is 4. The van der Waals surface area contributed by atoms with Crippen molar-refractivity contribution < 1.29 is 25.8 Å². The van der Waals surface area contributed by atoms with Crippen LogP contribution in [0.25, 0.3) is 49.9 Å². The summed E-state index contributed by atoms with van der Waals surface area (Å²) in [5.41, 5.74) is 11.9. The van der Waals surface area contributed by atoms with E-state index in [1.807, 2.05) is 24.4 Å². The molecule has 0 atom stereocenters. The molecule has 0 spiro atoms. The topological polar surface area (TPSA) is 33.5 Å². The molecule has 7 aromatic carbocycles. The molecule has 6 heteroatoms. The van der Waals surface area contributed by atoms with Crippen LogP contribution in [-0.4, -0.2) is 9.55 Å². The average Bonchev–Trinajstić information content (AvgIpc) is 3.80. The Morgan fingerprint density at radius 1 is 0.569 bits per heavy atom. The summed E-state index contributed by atoms with van der Waals surface area (Å²) < 4.78 is 8.79. The van der Waals surface area contributed by atoms with E-state index < -0.39 is 0 Å². The molecule has 0 amide bonds. The molecule has 1 aliphatic rings. The Labute approximate surface area is 354 Å². The second kappa shape index (κ2) is 15.2. The third-order valence-electron chi connectivity index (χ3n) is 10.7. The number of anilines is 4. The third kappa shape index (κ3) is 6.66. The Hall–Kier alpha value is -6.42. The largest absolute Gasteiger partial charge is 0.509 e. The standard InChI is InChI=1S/C52H39N4O.Pt/c1-52(2,3)38-30-31-53-50(32-38)56-46-25-11-10-22-44(46)45-29-28-41(34-49(45)56)57-40-21-14-20-39(33-40)54-35-55(48-27-13-12-26-47(48)54)51-42(36-16-6-4-7-17-36)23-15-24-43(51)37-18-8-5-9-19-37;/h4-32,35H,1-3H3;/q-3;. The Kier molecular flexibility index (Phi) is 9.71. The molecule has 0 radical (unpaired) electrons. The summed E-state index contributed by atoms with van der Waals surface area (Å²) >= 11 is 0. The van der Waals surface area contributed by atoms with E-state index in [0.29, 0.717) is 11.5 Å². The number of fused-ring (bicyclic) bond motifs is 4. The first-order valence-corrected chi connectivity index (χ1v) is 19.3. The van der Waals surface area contributed by atoms with Crippen molar-refractivity contribution in [1.82, 2.24) is 9.55 Å². The maximum Gasteiger partial charge on any atom is 0.135 e. The fourth-order valence-electron chi connectivity index (χ4n) is 7.92. The number of rotatable bonds is 7. The predicted molar refractivity (Wildman–Crippen MR) is 234 cm³/mol. The summed E-state index contributed by atoms with van der Waals surface area (Å²) in [6.45, 7) is 8.84. The quantitative estimate of drug-likeness (QED) is 0.149. The minimum Gasteiger partial charge on any atom is -0.509 e. The van der Waals surface area contributed by atoms with Crippen molar-refractivity contribution >= 4 is 44.6 Å². The number of nitrogens with zero attached hydrogens (tertiary/aromatic N) is 4. The van der Waals surface area contributed by atoms with Crippen molar-refractivity contribution in [3.05, 3.63) is 200 Å². The van der Waals surface area contributed by atoms with E-state index in [2.05, 4.69) is 206 Å². The molecule has 3 heterocycles. The average molecular weight is 931 g/mol. The van der Waals surface area contributed by atoms with E-state index in [1.165, 1.54) is 5.56 Å². The van der Waals surface area contributed by atoms with Gasteiger partial charge in [-0.2, -0.15) is 12.1 Å². The molecule has 0 N–H and O–H groups in total. The van der Waals surface area contributed by atoms with Gasteiger partial charge in [-0.1, -0.05) is 135 Å². The van der Waals surface area contributed by atoms with Crippen LogP contribution in [0, 0.1) is 18.8 Å². The van der Waals surface area contributed by atoms with Gasteiger partial charge in [-0.25, -0.2) is 4.98 Å². The predicted octanol–water partition coefficient (Wildman–Crippen LogP) is 13.6. The van der Waals surface area contributed by atoms with E-state index >= 15 is 0 Å². The number of aromatic nitrogens is 2. The Bertz CT molecular complexity index is 2860. The van der Waals surface area contributed by atoms with Gasteiger partial charge in [0.25, 0.3) is 0 Å². The van der Waals surface area contributed by atoms with Crippen molar-refractivity contribution in [2.75, 3.05) is 9.80 Å². The molecule has 9 aromatic rings. The van der Waals surface area contributed by atoms with Crippen LogP contribution in [0.15, 0.2) is 176 Å². The van der Waals surface area contributed by atoms with Crippen LogP contribution >= 0.6 is 0 Å². The van der Waals surface area contributed by atoms with Crippen molar-refractivity contribution in [2.24, 2.45) is 0 Å². The fourth-order valence-corrected chi connectivity index (χ4v) is 7.92. The molecule has 0 unspecified atom stereocenters. The van der Waals surface area contributed by atoms with E-state index in [4.69, 9.17) is 9.72 Å². The summed E-state index contributed by atoms with van der Waals surface area (Å²) in [5.74, 6) is 2.05. The zero-order valence-electron chi connectivity index (χ0n) is 32.3. The monoisotopic (exact) mass is 930 g/mol. The Morgan fingerprint density at radius 3 is 1.90 bits per heavy atom. The summed E-state index contributed by atoms with van der Waals surface area (Å²) in [5, 5.41) is 2.23. The van der Waals surface area contributed by atoms with Gasteiger partial charge >= 0.3 is 0 Å².